The normalized spacial score (nSPS) is 14.1. The maximum atomic E-state index is 15.7. The molecule has 0 atom stereocenters. The van der Waals surface area contributed by atoms with Crippen molar-refractivity contribution in [1.29, 1.82) is 0 Å². The van der Waals surface area contributed by atoms with Crippen LogP contribution in [0.5, 0.6) is 0 Å². The molecule has 37 heavy (non-hydrogen) atoms. The van der Waals surface area contributed by atoms with E-state index in [1.165, 1.54) is 24.3 Å². The second-order valence-electron chi connectivity index (χ2n) is 8.77. The molecule has 1 saturated heterocycles. The summed E-state index contributed by atoms with van der Waals surface area (Å²) < 4.78 is 60.0. The Hall–Kier alpha value is -3.96. The predicted molar refractivity (Wildman–Crippen MR) is 140 cm³/mol. The number of morpholine rings is 1. The van der Waals surface area contributed by atoms with Gasteiger partial charge in [-0.1, -0.05) is 18.2 Å². The van der Waals surface area contributed by atoms with Gasteiger partial charge in [-0.15, -0.1) is 0 Å². The second kappa shape index (κ2) is 9.83. The molecule has 0 aliphatic carbocycles. The number of amides is 1. The van der Waals surface area contributed by atoms with Gasteiger partial charge in [-0.25, -0.2) is 17.2 Å². The summed E-state index contributed by atoms with van der Waals surface area (Å²) in [7, 11) is -3.46. The highest BCUT2D eigenvalue weighted by Crippen LogP contribution is 2.34. The number of benzene rings is 3. The molecule has 3 N–H and O–H groups in total. The Morgan fingerprint density at radius 2 is 1.73 bits per heavy atom. The smallest absolute Gasteiger partial charge is 0.272 e. The summed E-state index contributed by atoms with van der Waals surface area (Å²) in [6.07, 6.45) is 1.05. The first-order valence-corrected chi connectivity index (χ1v) is 13.4. The van der Waals surface area contributed by atoms with E-state index in [1.54, 1.807) is 36.4 Å². The summed E-state index contributed by atoms with van der Waals surface area (Å²) in [5.41, 5.74) is 2.43. The van der Waals surface area contributed by atoms with Crippen molar-refractivity contribution in [1.82, 2.24) is 4.98 Å². The zero-order chi connectivity index (χ0) is 26.2. The number of carbonyl (C=O) groups excluding carboxylic acids is 1. The number of ether oxygens (including phenoxy) is 1. The molecule has 11 heteroatoms. The molecule has 1 amide bonds. The van der Waals surface area contributed by atoms with Gasteiger partial charge < -0.3 is 19.9 Å². The molecule has 4 aromatic rings. The first-order chi connectivity index (χ1) is 17.7. The van der Waals surface area contributed by atoms with Crippen molar-refractivity contribution in [2.75, 3.05) is 47.5 Å². The molecule has 1 aromatic heterocycles. The fourth-order valence-electron chi connectivity index (χ4n) is 4.26. The Labute approximate surface area is 212 Å². The Bertz CT molecular complexity index is 1580. The summed E-state index contributed by atoms with van der Waals surface area (Å²) in [6, 6.07) is 15.2. The number of sulfonamides is 1. The van der Waals surface area contributed by atoms with Gasteiger partial charge in [0.15, 0.2) is 5.82 Å². The number of rotatable bonds is 6. The van der Waals surface area contributed by atoms with Gasteiger partial charge in [0.2, 0.25) is 10.0 Å². The highest BCUT2D eigenvalue weighted by Gasteiger charge is 2.20. The van der Waals surface area contributed by atoms with E-state index in [0.717, 1.165) is 6.26 Å². The van der Waals surface area contributed by atoms with Gasteiger partial charge in [0.25, 0.3) is 5.91 Å². The van der Waals surface area contributed by atoms with Crippen LogP contribution in [0.4, 0.5) is 25.8 Å². The lowest BCUT2D eigenvalue weighted by atomic mass is 10.0. The largest absolute Gasteiger partial charge is 0.378 e. The lowest BCUT2D eigenvalue weighted by molar-refractivity contribution is 0.102. The number of nitrogens with one attached hydrogen (secondary N) is 3. The zero-order valence-corrected chi connectivity index (χ0v) is 20.7. The molecule has 1 fully saturated rings. The van der Waals surface area contributed by atoms with Crippen molar-refractivity contribution in [3.05, 3.63) is 78.0 Å². The Balaban J connectivity index is 1.49. The summed E-state index contributed by atoms with van der Waals surface area (Å²) in [6.45, 7) is 2.26. The maximum Gasteiger partial charge on any atom is 0.272 e. The summed E-state index contributed by atoms with van der Waals surface area (Å²) in [5.74, 6) is -1.65. The molecule has 0 spiro atoms. The highest BCUT2D eigenvalue weighted by atomic mass is 32.2. The van der Waals surface area contributed by atoms with Crippen molar-refractivity contribution < 1.29 is 26.7 Å². The van der Waals surface area contributed by atoms with Crippen LogP contribution in [0.15, 0.2) is 60.7 Å². The number of aromatic nitrogens is 1. The highest BCUT2D eigenvalue weighted by molar-refractivity contribution is 7.92. The molecular formula is C26H24F2N4O4S. The van der Waals surface area contributed by atoms with E-state index in [2.05, 4.69) is 15.0 Å². The number of carbonyl (C=O) groups is 1. The van der Waals surface area contributed by atoms with Crippen molar-refractivity contribution in [2.24, 2.45) is 0 Å². The third kappa shape index (κ3) is 5.57. The summed E-state index contributed by atoms with van der Waals surface area (Å²) in [4.78, 5) is 18.1. The average Bonchev–Trinajstić information content (AvgIpc) is 3.29. The molecule has 192 valence electrons. The third-order valence-corrected chi connectivity index (χ3v) is 6.61. The molecule has 0 saturated carbocycles. The number of fused-ring (bicyclic) bond motifs is 1. The van der Waals surface area contributed by atoms with Crippen LogP contribution in [-0.2, 0) is 14.8 Å². The van der Waals surface area contributed by atoms with E-state index in [1.807, 2.05) is 4.90 Å². The van der Waals surface area contributed by atoms with Crippen LogP contribution in [0.25, 0.3) is 22.0 Å². The van der Waals surface area contributed by atoms with Gasteiger partial charge in [0.1, 0.15) is 11.5 Å². The number of hydrogen-bond acceptors (Lipinski definition) is 5. The lowest BCUT2D eigenvalue weighted by Crippen LogP contribution is -2.36. The van der Waals surface area contributed by atoms with Gasteiger partial charge in [-0.3, -0.25) is 9.52 Å². The topological polar surface area (TPSA) is 104 Å². The molecule has 2 heterocycles. The van der Waals surface area contributed by atoms with Crippen molar-refractivity contribution in [3.63, 3.8) is 0 Å². The number of aromatic amines is 1. The van der Waals surface area contributed by atoms with Gasteiger partial charge in [0, 0.05) is 35.2 Å². The second-order valence-corrected chi connectivity index (χ2v) is 10.5. The zero-order valence-electron chi connectivity index (χ0n) is 19.8. The Morgan fingerprint density at radius 1 is 1.00 bits per heavy atom. The molecule has 5 rings (SSSR count). The quantitative estimate of drug-likeness (QED) is 0.342. The number of halogens is 2. The summed E-state index contributed by atoms with van der Waals surface area (Å²) in [5, 5.41) is 3.33. The number of anilines is 3. The lowest BCUT2D eigenvalue weighted by Gasteiger charge is -2.30. The number of H-pyrrole nitrogens is 1. The van der Waals surface area contributed by atoms with Crippen molar-refractivity contribution in [2.45, 2.75) is 0 Å². The summed E-state index contributed by atoms with van der Waals surface area (Å²) >= 11 is 0. The van der Waals surface area contributed by atoms with E-state index in [-0.39, 0.29) is 16.9 Å². The fraction of sp³-hybridized carbons (Fsp3) is 0.192. The molecule has 8 nitrogen and oxygen atoms in total. The monoisotopic (exact) mass is 526 g/mol. The van der Waals surface area contributed by atoms with E-state index < -0.39 is 27.6 Å². The van der Waals surface area contributed by atoms with Crippen LogP contribution in [0.1, 0.15) is 10.5 Å². The van der Waals surface area contributed by atoms with Crippen LogP contribution in [0, 0.1) is 11.6 Å². The van der Waals surface area contributed by atoms with E-state index >= 15 is 4.39 Å². The minimum Gasteiger partial charge on any atom is -0.378 e. The molecule has 0 unspecified atom stereocenters. The van der Waals surface area contributed by atoms with Crippen LogP contribution in [-0.4, -0.2) is 51.9 Å². The first-order valence-electron chi connectivity index (χ1n) is 11.5. The molecule has 1 aliphatic rings. The van der Waals surface area contributed by atoms with E-state index in [4.69, 9.17) is 4.74 Å². The van der Waals surface area contributed by atoms with Crippen LogP contribution in [0.3, 0.4) is 0 Å². The van der Waals surface area contributed by atoms with E-state index in [0.29, 0.717) is 54.1 Å². The van der Waals surface area contributed by atoms with Crippen LogP contribution < -0.4 is 14.9 Å². The fourth-order valence-corrected chi connectivity index (χ4v) is 4.82. The standard InChI is InChI=1S/C26H24F2N4O4S/c1-37(34,35)31-19-7-4-17-12-24(29-22(17)13-19)26(33)30-23-15-20(32-8-10-36-11-9-32)14-21(25(23)28)16-2-5-18(27)6-3-16/h2-7,12-15,29,31H,8-11H2,1H3,(H,30,33). The third-order valence-electron chi connectivity index (χ3n) is 6.01. The first kappa shape index (κ1) is 24.7. The van der Waals surface area contributed by atoms with Gasteiger partial charge in [-0.2, -0.15) is 0 Å². The van der Waals surface area contributed by atoms with Gasteiger partial charge in [-0.05, 0) is 48.0 Å². The minimum atomic E-state index is -3.46. The Morgan fingerprint density at radius 3 is 2.43 bits per heavy atom. The van der Waals surface area contributed by atoms with Crippen molar-refractivity contribution in [3.8, 4) is 11.1 Å². The number of hydrogen-bond donors (Lipinski definition) is 3. The van der Waals surface area contributed by atoms with Crippen LogP contribution >= 0.6 is 0 Å². The van der Waals surface area contributed by atoms with E-state index in [9.17, 15) is 17.6 Å². The molecular weight excluding hydrogens is 502 g/mol. The molecule has 3 aromatic carbocycles. The Kier molecular flexibility index (Phi) is 6.57. The average molecular weight is 527 g/mol. The van der Waals surface area contributed by atoms with Gasteiger partial charge in [0.05, 0.1) is 30.8 Å². The minimum absolute atomic E-state index is 0.0218. The molecule has 0 radical (unpaired) electrons. The van der Waals surface area contributed by atoms with Crippen LogP contribution in [0.2, 0.25) is 0 Å². The van der Waals surface area contributed by atoms with Crippen molar-refractivity contribution >= 4 is 43.9 Å². The molecule has 0 bridgehead atoms. The predicted octanol–water partition coefficient (Wildman–Crippen LogP) is 4.57. The number of nitrogens with zero attached hydrogens (tertiary/aromatic N) is 1. The SMILES string of the molecule is CS(=O)(=O)Nc1ccc2cc(C(=O)Nc3cc(N4CCOCC4)cc(-c4ccc(F)cc4)c3F)[nH]c2c1. The maximum absolute atomic E-state index is 15.7. The van der Waals surface area contributed by atoms with Gasteiger partial charge >= 0.3 is 0 Å². The molecule has 1 aliphatic heterocycles.